The van der Waals surface area contributed by atoms with Gasteiger partial charge in [0.1, 0.15) is 17.7 Å². The molecule has 4 nitrogen and oxygen atoms in total. The third-order valence-electron chi connectivity index (χ3n) is 7.27. The Labute approximate surface area is 170 Å². The van der Waals surface area contributed by atoms with Gasteiger partial charge in [0.15, 0.2) is 0 Å². The standard InChI is InChI=1S/C23H30F2N2O2/c1-14(18(28)27-17-6-5-15(24)7-16(17)25)26-19(29)23-11-20(2)8-21(3,12-23)10-22(4,9-20)13-23/h5-7,14H,8-13H2,1-4H3,(H,26,29)(H,27,28)/t14-,20?,21?,22?,23?/m0/s1. The number of nitrogens with one attached hydrogen (secondary N) is 2. The minimum atomic E-state index is -0.841. The number of amides is 2. The molecular formula is C23H30F2N2O2. The topological polar surface area (TPSA) is 58.2 Å². The van der Waals surface area contributed by atoms with Gasteiger partial charge in [-0.05, 0) is 73.8 Å². The van der Waals surface area contributed by atoms with Gasteiger partial charge < -0.3 is 10.6 Å². The van der Waals surface area contributed by atoms with Crippen molar-refractivity contribution in [3.8, 4) is 0 Å². The summed E-state index contributed by atoms with van der Waals surface area (Å²) in [6.45, 7) is 8.50. The Balaban J connectivity index is 1.48. The van der Waals surface area contributed by atoms with E-state index in [1.54, 1.807) is 6.92 Å². The van der Waals surface area contributed by atoms with Gasteiger partial charge in [0.05, 0.1) is 11.1 Å². The second-order valence-electron chi connectivity index (χ2n) is 11.1. The van der Waals surface area contributed by atoms with Gasteiger partial charge in [-0.3, -0.25) is 9.59 Å². The molecule has 0 radical (unpaired) electrons. The second-order valence-corrected chi connectivity index (χ2v) is 11.1. The molecule has 0 aromatic heterocycles. The summed E-state index contributed by atoms with van der Waals surface area (Å²) in [5, 5.41) is 5.34. The number of carbonyl (C=O) groups is 2. The summed E-state index contributed by atoms with van der Waals surface area (Å²) < 4.78 is 26.9. The highest BCUT2D eigenvalue weighted by atomic mass is 19.1. The van der Waals surface area contributed by atoms with Crippen LogP contribution in [0.1, 0.15) is 66.2 Å². The lowest BCUT2D eigenvalue weighted by molar-refractivity contribution is -0.192. The van der Waals surface area contributed by atoms with Crippen molar-refractivity contribution in [3.05, 3.63) is 29.8 Å². The van der Waals surface area contributed by atoms with Gasteiger partial charge >= 0.3 is 0 Å². The highest BCUT2D eigenvalue weighted by Crippen LogP contribution is 2.73. The van der Waals surface area contributed by atoms with Crippen molar-refractivity contribution in [3.63, 3.8) is 0 Å². The van der Waals surface area contributed by atoms with Crippen LogP contribution < -0.4 is 10.6 Å². The van der Waals surface area contributed by atoms with Crippen LogP contribution in [0.2, 0.25) is 0 Å². The zero-order chi connectivity index (χ0) is 21.2. The lowest BCUT2D eigenvalue weighted by atomic mass is 9.36. The van der Waals surface area contributed by atoms with E-state index in [1.807, 2.05) is 0 Å². The molecule has 1 aromatic carbocycles. The molecule has 29 heavy (non-hydrogen) atoms. The van der Waals surface area contributed by atoms with Crippen molar-refractivity contribution < 1.29 is 18.4 Å². The monoisotopic (exact) mass is 404 g/mol. The maximum Gasteiger partial charge on any atom is 0.246 e. The maximum atomic E-state index is 13.8. The van der Waals surface area contributed by atoms with E-state index in [-0.39, 0.29) is 27.8 Å². The van der Waals surface area contributed by atoms with E-state index in [1.165, 1.54) is 6.07 Å². The predicted octanol–water partition coefficient (Wildman–Crippen LogP) is 4.79. The molecule has 4 aliphatic carbocycles. The number of carbonyl (C=O) groups excluding carboxylic acids is 2. The summed E-state index contributed by atoms with van der Waals surface area (Å²) >= 11 is 0. The lowest BCUT2D eigenvalue weighted by Crippen LogP contribution is -2.63. The Kier molecular flexibility index (Phi) is 4.38. The van der Waals surface area contributed by atoms with Gasteiger partial charge in [-0.25, -0.2) is 8.78 Å². The zero-order valence-corrected chi connectivity index (χ0v) is 17.6. The second kappa shape index (κ2) is 6.26. The summed E-state index contributed by atoms with van der Waals surface area (Å²) in [6, 6.07) is 2.17. The van der Waals surface area contributed by atoms with Crippen LogP contribution in [0.15, 0.2) is 18.2 Å². The molecule has 6 heteroatoms. The molecular weight excluding hydrogens is 374 g/mol. The average molecular weight is 405 g/mol. The molecule has 4 saturated carbocycles. The van der Waals surface area contributed by atoms with E-state index in [2.05, 4.69) is 31.4 Å². The van der Waals surface area contributed by atoms with E-state index in [4.69, 9.17) is 0 Å². The first-order valence-corrected chi connectivity index (χ1v) is 10.4. The Hall–Kier alpha value is -1.98. The summed E-state index contributed by atoms with van der Waals surface area (Å²) in [6.07, 6.45) is 6.05. The normalized spacial score (nSPS) is 38.6. The van der Waals surface area contributed by atoms with Gasteiger partial charge in [0.25, 0.3) is 0 Å². The van der Waals surface area contributed by atoms with Crippen LogP contribution in [0.25, 0.3) is 0 Å². The van der Waals surface area contributed by atoms with E-state index >= 15 is 0 Å². The number of halogens is 2. The van der Waals surface area contributed by atoms with Gasteiger partial charge in [-0.15, -0.1) is 0 Å². The van der Waals surface area contributed by atoms with Gasteiger partial charge in [0, 0.05) is 6.07 Å². The summed E-state index contributed by atoms with van der Waals surface area (Å²) in [5.74, 6) is -2.13. The molecule has 0 spiro atoms. The van der Waals surface area contributed by atoms with Crippen molar-refractivity contribution >= 4 is 17.5 Å². The summed E-state index contributed by atoms with van der Waals surface area (Å²) in [7, 11) is 0. The maximum absolute atomic E-state index is 13.8. The molecule has 4 aliphatic rings. The molecule has 0 unspecified atom stereocenters. The first-order chi connectivity index (χ1) is 13.4. The van der Waals surface area contributed by atoms with E-state index in [9.17, 15) is 18.4 Å². The highest BCUT2D eigenvalue weighted by Gasteiger charge is 2.66. The quantitative estimate of drug-likeness (QED) is 0.758. The molecule has 2 amide bonds. The van der Waals surface area contributed by atoms with Crippen LogP contribution >= 0.6 is 0 Å². The molecule has 4 fully saturated rings. The molecule has 0 saturated heterocycles. The van der Waals surface area contributed by atoms with Gasteiger partial charge in [-0.2, -0.15) is 0 Å². The number of hydrogen-bond acceptors (Lipinski definition) is 2. The summed E-state index contributed by atoms with van der Waals surface area (Å²) in [4.78, 5) is 25.9. The van der Waals surface area contributed by atoms with Crippen LogP contribution in [-0.4, -0.2) is 17.9 Å². The molecule has 2 N–H and O–H groups in total. The fourth-order valence-electron chi connectivity index (χ4n) is 7.78. The molecule has 0 aliphatic heterocycles. The van der Waals surface area contributed by atoms with E-state index in [0.717, 1.165) is 50.7 Å². The average Bonchev–Trinajstić information content (AvgIpc) is 2.52. The van der Waals surface area contributed by atoms with E-state index < -0.39 is 29.0 Å². The van der Waals surface area contributed by atoms with Crippen LogP contribution in [0.4, 0.5) is 14.5 Å². The Morgan fingerprint density at radius 2 is 1.45 bits per heavy atom. The zero-order valence-electron chi connectivity index (χ0n) is 17.6. The number of rotatable bonds is 4. The smallest absolute Gasteiger partial charge is 0.246 e. The van der Waals surface area contributed by atoms with Gasteiger partial charge in [0.2, 0.25) is 11.8 Å². The molecule has 1 aromatic rings. The Morgan fingerprint density at radius 1 is 0.931 bits per heavy atom. The van der Waals surface area contributed by atoms with Crippen LogP contribution in [0.3, 0.4) is 0 Å². The van der Waals surface area contributed by atoms with Crippen molar-refractivity contribution in [2.45, 2.75) is 72.3 Å². The number of benzene rings is 1. The van der Waals surface area contributed by atoms with Crippen LogP contribution in [0.5, 0.6) is 0 Å². The van der Waals surface area contributed by atoms with E-state index in [0.29, 0.717) is 0 Å². The first kappa shape index (κ1) is 20.3. The third-order valence-corrected chi connectivity index (χ3v) is 7.27. The van der Waals surface area contributed by atoms with Gasteiger partial charge in [-0.1, -0.05) is 20.8 Å². The largest absolute Gasteiger partial charge is 0.344 e. The Morgan fingerprint density at radius 3 is 1.93 bits per heavy atom. The van der Waals surface area contributed by atoms with Crippen molar-refractivity contribution in [1.29, 1.82) is 0 Å². The molecule has 0 heterocycles. The van der Waals surface area contributed by atoms with Crippen molar-refractivity contribution in [2.24, 2.45) is 21.7 Å². The minimum absolute atomic E-state index is 0.0671. The third kappa shape index (κ3) is 3.55. The van der Waals surface area contributed by atoms with Crippen molar-refractivity contribution in [2.75, 3.05) is 5.32 Å². The number of hydrogen-bond donors (Lipinski definition) is 2. The lowest BCUT2D eigenvalue weighted by Gasteiger charge is -2.68. The minimum Gasteiger partial charge on any atom is -0.344 e. The number of anilines is 1. The molecule has 4 bridgehead atoms. The highest BCUT2D eigenvalue weighted by molar-refractivity contribution is 5.97. The predicted molar refractivity (Wildman–Crippen MR) is 107 cm³/mol. The summed E-state index contributed by atoms with van der Waals surface area (Å²) in [5.41, 5.74) is -0.0442. The van der Waals surface area contributed by atoms with Crippen LogP contribution in [0, 0.1) is 33.3 Å². The molecule has 5 rings (SSSR count). The molecule has 1 atom stereocenters. The first-order valence-electron chi connectivity index (χ1n) is 10.4. The molecule has 158 valence electrons. The fourth-order valence-corrected chi connectivity index (χ4v) is 7.78. The SMILES string of the molecule is C[C@H](NC(=O)C12CC3(C)CC(C)(CC(C)(C3)C1)C2)C(=O)Nc1ccc(F)cc1F. The fraction of sp³-hybridized carbons (Fsp3) is 0.652. The Bertz CT molecular complexity index is 830. The van der Waals surface area contributed by atoms with Crippen LogP contribution in [-0.2, 0) is 9.59 Å². The van der Waals surface area contributed by atoms with Crippen molar-refractivity contribution in [1.82, 2.24) is 5.32 Å².